The van der Waals surface area contributed by atoms with E-state index >= 15 is 0 Å². The van der Waals surface area contributed by atoms with Crippen molar-refractivity contribution in [2.24, 2.45) is 11.5 Å². The summed E-state index contributed by atoms with van der Waals surface area (Å²) in [7, 11) is 0. The molecule has 0 aliphatic carbocycles. The smallest absolute Gasteiger partial charge is 0.0905 e. The topological polar surface area (TPSA) is 112 Å². The van der Waals surface area contributed by atoms with Gasteiger partial charge in [0.05, 0.1) is 11.7 Å². The van der Waals surface area contributed by atoms with Gasteiger partial charge in [0.2, 0.25) is 0 Å². The molecule has 0 radical (unpaired) electrons. The molecule has 5 heteroatoms. The monoisotopic (exact) mass is 185 g/mol. The summed E-state index contributed by atoms with van der Waals surface area (Å²) in [5, 5.41) is 17.1. The average Bonchev–Trinajstić information content (AvgIpc) is 2.01. The van der Waals surface area contributed by atoms with E-state index in [9.17, 15) is 0 Å². The first-order valence-corrected chi connectivity index (χ1v) is 4.49. The van der Waals surface area contributed by atoms with Gasteiger partial charge >= 0.3 is 0 Å². The van der Waals surface area contributed by atoms with Crippen LogP contribution in [0, 0.1) is 10.8 Å². The van der Waals surface area contributed by atoms with Crippen molar-refractivity contribution >= 4 is 11.7 Å². The van der Waals surface area contributed by atoms with E-state index in [1.807, 2.05) is 0 Å². The van der Waals surface area contributed by atoms with Gasteiger partial charge in [-0.3, -0.25) is 10.8 Å². The van der Waals surface area contributed by atoms with Crippen LogP contribution in [0.1, 0.15) is 25.7 Å². The fourth-order valence-corrected chi connectivity index (χ4v) is 0.933. The van der Waals surface area contributed by atoms with Crippen LogP contribution in [0.15, 0.2) is 0 Å². The molecule has 76 valence electrons. The van der Waals surface area contributed by atoms with Crippen LogP contribution in [-0.2, 0) is 0 Å². The fraction of sp³-hybridized carbons (Fsp3) is 0.750. The lowest BCUT2D eigenvalue weighted by atomic mass is 10.2. The Morgan fingerprint density at radius 1 is 0.923 bits per heavy atom. The Balaban J connectivity index is 3.00. The van der Waals surface area contributed by atoms with Gasteiger partial charge in [0, 0.05) is 12.8 Å². The molecule has 0 aliphatic heterocycles. The summed E-state index contributed by atoms with van der Waals surface area (Å²) >= 11 is 0. The van der Waals surface area contributed by atoms with E-state index in [2.05, 4.69) is 5.32 Å². The van der Waals surface area contributed by atoms with Crippen molar-refractivity contribution in [3.8, 4) is 0 Å². The van der Waals surface area contributed by atoms with Crippen LogP contribution in [0.5, 0.6) is 0 Å². The summed E-state index contributed by atoms with van der Waals surface area (Å²) in [6.45, 7) is 1.75. The third-order valence-corrected chi connectivity index (χ3v) is 1.60. The predicted octanol–water partition coefficient (Wildman–Crippen LogP) is 0.00834. The molecule has 13 heavy (non-hydrogen) atoms. The summed E-state index contributed by atoms with van der Waals surface area (Å²) in [4.78, 5) is 0. The maximum absolute atomic E-state index is 6.97. The number of hydrogen-bond donors (Lipinski definition) is 5. The normalized spacial score (nSPS) is 9.85. The molecule has 0 saturated carbocycles. The lowest BCUT2D eigenvalue weighted by molar-refractivity contribution is 0.637. The first-order chi connectivity index (χ1) is 6.13. The van der Waals surface area contributed by atoms with Crippen LogP contribution in [-0.4, -0.2) is 24.8 Å². The van der Waals surface area contributed by atoms with Gasteiger partial charge in [0.15, 0.2) is 0 Å². The van der Waals surface area contributed by atoms with Crippen LogP contribution >= 0.6 is 0 Å². The van der Waals surface area contributed by atoms with E-state index in [1.165, 1.54) is 0 Å². The van der Waals surface area contributed by atoms with E-state index in [-0.39, 0.29) is 11.7 Å². The van der Waals surface area contributed by atoms with Gasteiger partial charge in [-0.05, 0) is 25.9 Å². The largest absolute Gasteiger partial charge is 0.388 e. The number of nitrogens with two attached hydrogens (primary N) is 2. The first kappa shape index (κ1) is 11.9. The quantitative estimate of drug-likeness (QED) is 0.208. The summed E-state index contributed by atoms with van der Waals surface area (Å²) in [5.74, 6) is 0.482. The molecule has 7 N–H and O–H groups in total. The van der Waals surface area contributed by atoms with Gasteiger partial charge < -0.3 is 16.8 Å². The molecule has 0 heterocycles. The third-order valence-electron chi connectivity index (χ3n) is 1.60. The molecule has 0 saturated heterocycles. The zero-order valence-corrected chi connectivity index (χ0v) is 7.90. The molecule has 0 atom stereocenters. The molecule has 0 aromatic heterocycles. The van der Waals surface area contributed by atoms with Crippen molar-refractivity contribution in [1.82, 2.24) is 5.32 Å². The highest BCUT2D eigenvalue weighted by atomic mass is 14.8. The van der Waals surface area contributed by atoms with Crippen LogP contribution < -0.4 is 16.8 Å². The summed E-state index contributed by atoms with van der Waals surface area (Å²) in [6, 6.07) is 0. The van der Waals surface area contributed by atoms with E-state index < -0.39 is 0 Å². The highest BCUT2D eigenvalue weighted by molar-refractivity contribution is 5.77. The summed E-state index contributed by atoms with van der Waals surface area (Å²) in [6.07, 6.45) is 3.10. The second kappa shape index (κ2) is 7.54. The van der Waals surface area contributed by atoms with Crippen molar-refractivity contribution in [1.29, 1.82) is 10.8 Å². The summed E-state index contributed by atoms with van der Waals surface area (Å²) in [5.41, 5.74) is 10.4. The zero-order valence-electron chi connectivity index (χ0n) is 7.90. The van der Waals surface area contributed by atoms with Gasteiger partial charge in [0.25, 0.3) is 0 Å². The molecule has 5 nitrogen and oxygen atoms in total. The second-order valence-electron chi connectivity index (χ2n) is 3.01. The molecule has 0 unspecified atom stereocenters. The van der Waals surface area contributed by atoms with Crippen molar-refractivity contribution in [2.45, 2.75) is 25.7 Å². The molecule has 0 rings (SSSR count). The van der Waals surface area contributed by atoms with E-state index in [0.717, 1.165) is 25.9 Å². The SMILES string of the molecule is N=C(N)CCCNCCCC(=N)N. The Morgan fingerprint density at radius 3 is 1.62 bits per heavy atom. The van der Waals surface area contributed by atoms with Crippen LogP contribution in [0.25, 0.3) is 0 Å². The lowest BCUT2D eigenvalue weighted by Gasteiger charge is -2.03. The predicted molar refractivity (Wildman–Crippen MR) is 55.2 cm³/mol. The molecule has 0 aliphatic rings. The molecule has 0 spiro atoms. The van der Waals surface area contributed by atoms with E-state index in [0.29, 0.717) is 12.8 Å². The van der Waals surface area contributed by atoms with Gasteiger partial charge in [-0.2, -0.15) is 0 Å². The Labute approximate surface area is 78.9 Å². The Morgan fingerprint density at radius 2 is 1.31 bits per heavy atom. The van der Waals surface area contributed by atoms with E-state index in [1.54, 1.807) is 0 Å². The average molecular weight is 185 g/mol. The standard InChI is InChI=1S/C8H19N5/c9-7(10)3-1-5-13-6-2-4-8(11)12/h13H,1-6H2,(H3,9,10)(H3,11,12). The van der Waals surface area contributed by atoms with Gasteiger partial charge in [-0.1, -0.05) is 0 Å². The Kier molecular flexibility index (Phi) is 6.91. The first-order valence-electron chi connectivity index (χ1n) is 4.49. The van der Waals surface area contributed by atoms with Crippen LogP contribution in [0.4, 0.5) is 0 Å². The van der Waals surface area contributed by atoms with Gasteiger partial charge in [-0.25, -0.2) is 0 Å². The maximum atomic E-state index is 6.97. The Bertz CT molecular complexity index is 148. The molecule has 0 amide bonds. The van der Waals surface area contributed by atoms with Gasteiger partial charge in [0.1, 0.15) is 0 Å². The molecule has 0 aromatic carbocycles. The van der Waals surface area contributed by atoms with Crippen molar-refractivity contribution in [3.05, 3.63) is 0 Å². The third kappa shape index (κ3) is 10.9. The van der Waals surface area contributed by atoms with Crippen LogP contribution in [0.2, 0.25) is 0 Å². The highest BCUT2D eigenvalue weighted by Crippen LogP contribution is 1.87. The molecule has 0 bridgehead atoms. The fourth-order valence-electron chi connectivity index (χ4n) is 0.933. The highest BCUT2D eigenvalue weighted by Gasteiger charge is 1.92. The zero-order chi connectivity index (χ0) is 10.1. The number of rotatable bonds is 8. The van der Waals surface area contributed by atoms with Crippen LogP contribution in [0.3, 0.4) is 0 Å². The minimum atomic E-state index is 0.241. The maximum Gasteiger partial charge on any atom is 0.0905 e. The van der Waals surface area contributed by atoms with Crippen molar-refractivity contribution < 1.29 is 0 Å². The van der Waals surface area contributed by atoms with E-state index in [4.69, 9.17) is 22.3 Å². The molecule has 0 fully saturated rings. The molecule has 0 aromatic rings. The lowest BCUT2D eigenvalue weighted by Crippen LogP contribution is -2.20. The summed E-state index contributed by atoms with van der Waals surface area (Å²) < 4.78 is 0. The Hall–Kier alpha value is -1.10. The number of hydrogen-bond acceptors (Lipinski definition) is 3. The van der Waals surface area contributed by atoms with Gasteiger partial charge in [-0.15, -0.1) is 0 Å². The molecular weight excluding hydrogens is 166 g/mol. The number of nitrogens with one attached hydrogen (secondary N) is 3. The second-order valence-corrected chi connectivity index (χ2v) is 3.01. The van der Waals surface area contributed by atoms with Crippen molar-refractivity contribution in [2.75, 3.05) is 13.1 Å². The van der Waals surface area contributed by atoms with Crippen molar-refractivity contribution in [3.63, 3.8) is 0 Å². The minimum absolute atomic E-state index is 0.241. The minimum Gasteiger partial charge on any atom is -0.388 e. The molecular formula is C8H19N5. The number of amidine groups is 2.